The zero-order valence-electron chi connectivity index (χ0n) is 19.2. The van der Waals surface area contributed by atoms with Crippen LogP contribution in [0, 0.1) is 5.92 Å². The van der Waals surface area contributed by atoms with E-state index in [2.05, 4.69) is 24.0 Å². The molecule has 0 aliphatic rings. The second-order valence-corrected chi connectivity index (χ2v) is 8.78. The van der Waals surface area contributed by atoms with Crippen molar-refractivity contribution >= 4 is 23.4 Å². The molecule has 0 saturated heterocycles. The predicted octanol–water partition coefficient (Wildman–Crippen LogP) is 4.84. The molecule has 1 amide bonds. The van der Waals surface area contributed by atoms with Crippen molar-refractivity contribution in [1.82, 2.24) is 14.8 Å². The van der Waals surface area contributed by atoms with Crippen LogP contribution in [0.2, 0.25) is 0 Å². The molecular weight excluding hydrogens is 424 g/mol. The van der Waals surface area contributed by atoms with Gasteiger partial charge in [-0.05, 0) is 37.1 Å². The highest BCUT2D eigenvalue weighted by molar-refractivity contribution is 7.99. The normalized spacial score (nSPS) is 11.9. The van der Waals surface area contributed by atoms with Crippen LogP contribution in [0.5, 0.6) is 11.5 Å². The largest absolute Gasteiger partial charge is 0.493 e. The third kappa shape index (κ3) is 5.82. The second-order valence-electron chi connectivity index (χ2n) is 7.83. The lowest BCUT2D eigenvalue weighted by atomic mass is 10.2. The fraction of sp³-hybridized carbons (Fsp3) is 0.375. The smallest absolute Gasteiger partial charge is 0.237 e. The Morgan fingerprint density at radius 3 is 2.34 bits per heavy atom. The quantitative estimate of drug-likeness (QED) is 0.409. The first-order valence-corrected chi connectivity index (χ1v) is 11.6. The number of methoxy groups -OCH3 is 1. The number of amides is 1. The number of hydrogen-bond donors (Lipinski definition) is 0. The van der Waals surface area contributed by atoms with E-state index in [1.165, 1.54) is 11.8 Å². The van der Waals surface area contributed by atoms with Gasteiger partial charge in [0.05, 0.1) is 12.9 Å². The highest BCUT2D eigenvalue weighted by Crippen LogP contribution is 2.31. The van der Waals surface area contributed by atoms with E-state index in [4.69, 9.17) is 9.47 Å². The molecule has 2 aromatic carbocycles. The van der Waals surface area contributed by atoms with Crippen LogP contribution >= 0.6 is 11.8 Å². The van der Waals surface area contributed by atoms with Crippen LogP contribution < -0.4 is 14.4 Å². The standard InChI is InChI=1S/C24H30N4O3S/c1-17(2)15-28-23(18(3)31-21-14-10-9-13-20(21)30-5)25-26-24(28)32-16-22(29)27(4)19-11-7-6-8-12-19/h6-14,17-18H,15-16H2,1-5H3. The van der Waals surface area contributed by atoms with Gasteiger partial charge >= 0.3 is 0 Å². The molecule has 0 aliphatic heterocycles. The molecule has 1 aromatic heterocycles. The molecule has 8 heteroatoms. The Hall–Kier alpha value is -3.00. The Morgan fingerprint density at radius 1 is 1.03 bits per heavy atom. The Bertz CT molecular complexity index is 1020. The Labute approximate surface area is 193 Å². The monoisotopic (exact) mass is 454 g/mol. The minimum atomic E-state index is -0.338. The summed E-state index contributed by atoms with van der Waals surface area (Å²) >= 11 is 1.39. The van der Waals surface area contributed by atoms with E-state index in [9.17, 15) is 4.79 Å². The summed E-state index contributed by atoms with van der Waals surface area (Å²) < 4.78 is 13.6. The van der Waals surface area contributed by atoms with Gasteiger partial charge in [0.25, 0.3) is 0 Å². The molecule has 170 valence electrons. The molecule has 7 nitrogen and oxygen atoms in total. The van der Waals surface area contributed by atoms with Gasteiger partial charge in [0, 0.05) is 19.3 Å². The maximum Gasteiger partial charge on any atom is 0.237 e. The number of carbonyl (C=O) groups excluding carboxylic acids is 1. The molecule has 3 aromatic rings. The molecule has 0 saturated carbocycles. The third-order valence-corrected chi connectivity index (χ3v) is 5.82. The fourth-order valence-electron chi connectivity index (χ4n) is 3.22. The predicted molar refractivity (Wildman–Crippen MR) is 127 cm³/mol. The van der Waals surface area contributed by atoms with Crippen molar-refractivity contribution in [3.05, 3.63) is 60.4 Å². The summed E-state index contributed by atoms with van der Waals surface area (Å²) in [4.78, 5) is 14.4. The number of para-hydroxylation sites is 3. The summed E-state index contributed by atoms with van der Waals surface area (Å²) in [5, 5.41) is 9.48. The number of aromatic nitrogens is 3. The van der Waals surface area contributed by atoms with Crippen molar-refractivity contribution in [3.8, 4) is 11.5 Å². The zero-order valence-corrected chi connectivity index (χ0v) is 20.0. The van der Waals surface area contributed by atoms with Crippen LogP contribution in [-0.2, 0) is 11.3 Å². The van der Waals surface area contributed by atoms with E-state index in [1.807, 2.05) is 66.1 Å². The average Bonchev–Trinajstić information content (AvgIpc) is 3.19. The molecule has 1 unspecified atom stereocenters. The van der Waals surface area contributed by atoms with Gasteiger partial charge in [-0.25, -0.2) is 0 Å². The molecule has 32 heavy (non-hydrogen) atoms. The zero-order chi connectivity index (χ0) is 23.1. The lowest BCUT2D eigenvalue weighted by Gasteiger charge is -2.19. The summed E-state index contributed by atoms with van der Waals surface area (Å²) in [5.41, 5.74) is 0.862. The summed E-state index contributed by atoms with van der Waals surface area (Å²) in [6, 6.07) is 17.1. The van der Waals surface area contributed by atoms with E-state index in [-0.39, 0.29) is 17.8 Å². The molecular formula is C24H30N4O3S. The van der Waals surface area contributed by atoms with Crippen LogP contribution in [0.4, 0.5) is 5.69 Å². The van der Waals surface area contributed by atoms with Crippen molar-refractivity contribution in [1.29, 1.82) is 0 Å². The van der Waals surface area contributed by atoms with Gasteiger partial charge < -0.3 is 18.9 Å². The van der Waals surface area contributed by atoms with Crippen LogP contribution in [0.1, 0.15) is 32.7 Å². The molecule has 3 rings (SSSR count). The van der Waals surface area contributed by atoms with Gasteiger partial charge in [-0.15, -0.1) is 10.2 Å². The number of ether oxygens (including phenoxy) is 2. The van der Waals surface area contributed by atoms with Gasteiger partial charge in [0.2, 0.25) is 5.91 Å². The molecule has 0 radical (unpaired) electrons. The van der Waals surface area contributed by atoms with Gasteiger partial charge in [-0.3, -0.25) is 4.79 Å². The number of thioether (sulfide) groups is 1. The summed E-state index contributed by atoms with van der Waals surface area (Å²) in [6.45, 7) is 6.94. The third-order valence-electron chi connectivity index (χ3n) is 4.87. The summed E-state index contributed by atoms with van der Waals surface area (Å²) in [6.07, 6.45) is -0.338. The van der Waals surface area contributed by atoms with E-state index in [0.717, 1.165) is 18.1 Å². The van der Waals surface area contributed by atoms with Crippen molar-refractivity contribution in [2.75, 3.05) is 24.8 Å². The lowest BCUT2D eigenvalue weighted by molar-refractivity contribution is -0.115. The van der Waals surface area contributed by atoms with Crippen molar-refractivity contribution in [2.24, 2.45) is 5.92 Å². The maximum absolute atomic E-state index is 12.7. The molecule has 1 heterocycles. The van der Waals surface area contributed by atoms with Gasteiger partial charge in [0.15, 0.2) is 28.6 Å². The van der Waals surface area contributed by atoms with Crippen molar-refractivity contribution < 1.29 is 14.3 Å². The molecule has 0 spiro atoms. The first-order valence-electron chi connectivity index (χ1n) is 10.6. The number of anilines is 1. The Kier molecular flexibility index (Phi) is 8.16. The Morgan fingerprint density at radius 2 is 1.69 bits per heavy atom. The maximum atomic E-state index is 12.7. The number of rotatable bonds is 10. The molecule has 0 aliphatic carbocycles. The van der Waals surface area contributed by atoms with Gasteiger partial charge in [-0.1, -0.05) is 55.9 Å². The van der Waals surface area contributed by atoms with Gasteiger partial charge in [0.1, 0.15) is 0 Å². The van der Waals surface area contributed by atoms with E-state index < -0.39 is 0 Å². The highest BCUT2D eigenvalue weighted by Gasteiger charge is 2.22. The molecule has 1 atom stereocenters. The first kappa shape index (κ1) is 23.7. The van der Waals surface area contributed by atoms with Crippen LogP contribution in [0.3, 0.4) is 0 Å². The number of nitrogens with zero attached hydrogens (tertiary/aromatic N) is 4. The summed E-state index contributed by atoms with van der Waals surface area (Å²) in [7, 11) is 3.40. The highest BCUT2D eigenvalue weighted by atomic mass is 32.2. The van der Waals surface area contributed by atoms with E-state index in [0.29, 0.717) is 22.6 Å². The van der Waals surface area contributed by atoms with Crippen LogP contribution in [-0.4, -0.2) is 40.6 Å². The fourth-order valence-corrected chi connectivity index (χ4v) is 4.09. The topological polar surface area (TPSA) is 69.5 Å². The SMILES string of the molecule is COc1ccccc1OC(C)c1nnc(SCC(=O)N(C)c2ccccc2)n1CC(C)C. The minimum absolute atomic E-state index is 0.000155. The van der Waals surface area contributed by atoms with Gasteiger partial charge in [-0.2, -0.15) is 0 Å². The van der Waals surface area contributed by atoms with Crippen molar-refractivity contribution in [2.45, 2.75) is 38.6 Å². The van der Waals surface area contributed by atoms with Crippen LogP contribution in [0.25, 0.3) is 0 Å². The first-order chi connectivity index (χ1) is 15.4. The molecule has 0 fully saturated rings. The van der Waals surface area contributed by atoms with Crippen LogP contribution in [0.15, 0.2) is 59.8 Å². The summed E-state index contributed by atoms with van der Waals surface area (Å²) in [5.74, 6) is 2.68. The number of benzene rings is 2. The Balaban J connectivity index is 1.75. The second kappa shape index (κ2) is 11.0. The lowest BCUT2D eigenvalue weighted by Crippen LogP contribution is -2.28. The molecule has 0 N–H and O–H groups in total. The van der Waals surface area contributed by atoms with E-state index in [1.54, 1.807) is 19.1 Å². The molecule has 0 bridgehead atoms. The average molecular weight is 455 g/mol. The number of hydrogen-bond acceptors (Lipinski definition) is 6. The van der Waals surface area contributed by atoms with E-state index >= 15 is 0 Å². The number of carbonyl (C=O) groups is 1. The minimum Gasteiger partial charge on any atom is -0.493 e. The van der Waals surface area contributed by atoms with Crippen molar-refractivity contribution in [3.63, 3.8) is 0 Å².